The molecule has 0 bridgehead atoms. The quantitative estimate of drug-likeness (QED) is 0.00712. The van der Waals surface area contributed by atoms with Gasteiger partial charge in [0.15, 0.2) is 0 Å². The van der Waals surface area contributed by atoms with Crippen LogP contribution in [0.3, 0.4) is 0 Å². The number of nitrogens with zero attached hydrogens (tertiary/aromatic N) is 4. The largest absolute Gasteiger partial charge is 0.351 e. The molecule has 516 valence electrons. The molecular formula is C80H100N10O8+2. The van der Waals surface area contributed by atoms with E-state index in [1.165, 1.54) is 51.4 Å². The molecule has 0 heterocycles. The second-order valence-electron chi connectivity index (χ2n) is 24.4. The van der Waals surface area contributed by atoms with E-state index in [-0.39, 0.29) is 9.62 Å². The number of amides is 8. The summed E-state index contributed by atoms with van der Waals surface area (Å²) in [6.07, 6.45) is 20.8. The molecule has 0 aliphatic rings. The van der Waals surface area contributed by atoms with Crippen molar-refractivity contribution in [3.05, 3.63) is 192 Å². The summed E-state index contributed by atoms with van der Waals surface area (Å²) in [6, 6.07) is 59.0. The first kappa shape index (κ1) is 75.9. The molecule has 0 atom stereocenters. The van der Waals surface area contributed by atoms with Gasteiger partial charge in [0, 0.05) is 82.0 Å². The Morgan fingerprint density at radius 2 is 0.704 bits per heavy atom. The van der Waals surface area contributed by atoms with Crippen molar-refractivity contribution in [3.63, 3.8) is 0 Å². The minimum atomic E-state index is -0.938. The van der Waals surface area contributed by atoms with E-state index in [0.29, 0.717) is 50.6 Å². The predicted molar refractivity (Wildman–Crippen MR) is 395 cm³/mol. The molecule has 98 heavy (non-hydrogen) atoms. The first-order valence-electron chi connectivity index (χ1n) is 35.1. The fraction of sp³-hybridized carbons (Fsp3) is 0.375. The number of nitrogens with two attached hydrogens (primary N) is 2. The van der Waals surface area contributed by atoms with E-state index in [9.17, 15) is 29.7 Å². The topological polar surface area (TPSA) is 253 Å². The molecular weight excluding hydrogens is 1230 g/mol. The lowest BCUT2D eigenvalue weighted by Crippen LogP contribution is -2.45. The summed E-state index contributed by atoms with van der Waals surface area (Å²) in [5.41, 5.74) is 16.2. The summed E-state index contributed by atoms with van der Waals surface area (Å²) >= 11 is 0. The molecule has 9 aromatic rings. The summed E-state index contributed by atoms with van der Waals surface area (Å²) in [5, 5.41) is 37.3. The Morgan fingerprint density at radius 3 is 1.01 bits per heavy atom. The molecule has 0 saturated heterocycles. The number of hydrogen-bond acceptors (Lipinski definition) is 10. The van der Waals surface area contributed by atoms with Crippen LogP contribution >= 0.6 is 0 Å². The lowest BCUT2D eigenvalue weighted by Gasteiger charge is -2.31. The van der Waals surface area contributed by atoms with Crippen molar-refractivity contribution in [2.45, 2.75) is 156 Å². The lowest BCUT2D eigenvalue weighted by molar-refractivity contribution is -0.316. The summed E-state index contributed by atoms with van der Waals surface area (Å²) in [6.45, 7) is 12.1. The summed E-state index contributed by atoms with van der Waals surface area (Å²) in [7, 11) is 0. The Balaban J connectivity index is 0.000000351. The van der Waals surface area contributed by atoms with Crippen LogP contribution in [0.15, 0.2) is 170 Å². The monoisotopic (exact) mass is 1330 g/mol. The van der Waals surface area contributed by atoms with E-state index in [0.717, 1.165) is 154 Å². The van der Waals surface area contributed by atoms with Crippen molar-refractivity contribution in [2.24, 2.45) is 11.5 Å². The molecule has 0 radical (unpaired) electrons. The Labute approximate surface area is 578 Å². The number of primary amides is 2. The highest BCUT2D eigenvalue weighted by molar-refractivity contribution is 6.34. The zero-order valence-corrected chi connectivity index (χ0v) is 57.8. The van der Waals surface area contributed by atoms with Gasteiger partial charge in [0.2, 0.25) is 22.7 Å². The normalized spacial score (nSPS) is 11.3. The molecule has 0 spiro atoms. The van der Waals surface area contributed by atoms with Gasteiger partial charge < -0.3 is 22.1 Å². The molecule has 18 heteroatoms. The molecule has 0 saturated carbocycles. The molecule has 0 aromatic heterocycles. The van der Waals surface area contributed by atoms with Crippen molar-refractivity contribution in [2.75, 3.05) is 39.5 Å². The van der Waals surface area contributed by atoms with Crippen LogP contribution < -0.4 is 42.4 Å². The van der Waals surface area contributed by atoms with Gasteiger partial charge in [0.05, 0.1) is 23.3 Å². The average Bonchev–Trinajstić information content (AvgIpc) is 0.714. The van der Waals surface area contributed by atoms with E-state index in [1.807, 2.05) is 72.8 Å². The number of urea groups is 4. The van der Waals surface area contributed by atoms with Crippen LogP contribution in [0.2, 0.25) is 0 Å². The minimum Gasteiger partial charge on any atom is -0.351 e. The molecule has 8 N–H and O–H groups in total. The number of nitrogens with one attached hydrogen (secondary N) is 4. The van der Waals surface area contributed by atoms with Gasteiger partial charge in [-0.05, 0) is 107 Å². The third kappa shape index (κ3) is 21.8. The number of para-hydroxylation sites is 2. The highest BCUT2D eigenvalue weighted by Crippen LogP contribution is 2.43. The van der Waals surface area contributed by atoms with Crippen molar-refractivity contribution in [1.82, 2.24) is 30.9 Å². The highest BCUT2D eigenvalue weighted by Gasteiger charge is 2.41. The third-order valence-electron chi connectivity index (χ3n) is 17.0. The van der Waals surface area contributed by atoms with Gasteiger partial charge in [-0.3, -0.25) is 10.6 Å². The second kappa shape index (κ2) is 40.9. The first-order chi connectivity index (χ1) is 47.9. The summed E-state index contributed by atoms with van der Waals surface area (Å²) < 4.78 is 0. The van der Waals surface area contributed by atoms with Gasteiger partial charge in [-0.15, -0.1) is 0 Å². The van der Waals surface area contributed by atoms with Crippen LogP contribution in [0.4, 0.5) is 41.9 Å². The molecule has 0 fully saturated rings. The number of nitriles is 2. The maximum Gasteiger partial charge on any atom is 0.322 e. The van der Waals surface area contributed by atoms with E-state index in [1.54, 1.807) is 5.32 Å². The lowest BCUT2D eigenvalue weighted by atomic mass is 9.86. The standard InChI is InChI=1S/C56H83N5O6.C22H10N2.C2H5N3O2/c1-5-9-13-23-45-64-60(51-31-19-17-20-32-51,65-46-24-14-10-6-2)53-39-35-49(36-40-53)29-27-43-57-55(62)59-56(63)58-44-28-30-50-37-41-54(42-38-50)61(52-33-21-18-22-34-52,66-47-25-15-11-7-3)67-48-26-16-12-8-4;23-11-15-10-8-14-4-2-6-18-20(14)21(15)17-5-1-3-13-7-9-16(12-24)22(18)19(13)17;3-1(6)5-2(4)7/h17-22,31-42H,5-16,23-30,43-48H2,1-4H3,(H-2,57,58,59,62,63);1-10H;(H5,3,4,5,6,7)/p+2. The fourth-order valence-corrected chi connectivity index (χ4v) is 12.0. The molecule has 8 amide bonds. The van der Waals surface area contributed by atoms with Crippen molar-refractivity contribution < 1.29 is 38.5 Å². The van der Waals surface area contributed by atoms with E-state index < -0.39 is 24.1 Å². The molecule has 0 aliphatic heterocycles. The number of carbonyl (C=O) groups excluding carboxylic acids is 4. The maximum absolute atomic E-state index is 12.6. The fourth-order valence-electron chi connectivity index (χ4n) is 12.0. The second-order valence-corrected chi connectivity index (χ2v) is 24.4. The number of carbonyl (C=O) groups is 4. The van der Waals surface area contributed by atoms with Crippen LogP contribution in [-0.2, 0) is 32.2 Å². The number of unbranched alkanes of at least 4 members (excludes halogenated alkanes) is 12. The van der Waals surface area contributed by atoms with E-state index in [2.05, 4.69) is 164 Å². The van der Waals surface area contributed by atoms with E-state index in [4.69, 9.17) is 19.4 Å². The third-order valence-corrected chi connectivity index (χ3v) is 17.0. The Hall–Kier alpha value is -9.50. The number of aryl methyl sites for hydroxylation is 2. The zero-order valence-electron chi connectivity index (χ0n) is 57.8. The van der Waals surface area contributed by atoms with Crippen LogP contribution in [0.1, 0.15) is 166 Å². The minimum absolute atomic E-state index is 0.101. The molecule has 9 rings (SSSR count). The average molecular weight is 1330 g/mol. The summed E-state index contributed by atoms with van der Waals surface area (Å²) in [5.74, 6) is 0. The number of hydrogen-bond donors (Lipinski definition) is 6. The van der Waals surface area contributed by atoms with Crippen molar-refractivity contribution in [1.29, 1.82) is 10.5 Å². The Morgan fingerprint density at radius 1 is 0.367 bits per heavy atom. The predicted octanol–water partition coefficient (Wildman–Crippen LogP) is 18.8. The highest BCUT2D eigenvalue weighted by atomic mass is 17.0. The Bertz CT molecular complexity index is 3700. The SMILES string of the molecule is CCCCCCO[N+](OCCCCCC)(c1ccccc1)c1ccc(CCCNC(=O)NC(=O)NCCCc2ccc([N+](OCCCCCC)(OCCCCCC)c3ccccc3)cc2)cc1.N#Cc1ccc2cccc3c4c(C#N)ccc5cccc(c1c23)c54.NC(=O)NC(N)=O. The number of benzene rings is 9. The van der Waals surface area contributed by atoms with Crippen LogP contribution in [-0.4, -0.2) is 63.6 Å². The number of fused-ring (bicyclic) bond motifs is 2. The van der Waals surface area contributed by atoms with Crippen LogP contribution in [0, 0.1) is 22.7 Å². The van der Waals surface area contributed by atoms with E-state index >= 15 is 0 Å². The van der Waals surface area contributed by atoms with Crippen LogP contribution in [0.5, 0.6) is 0 Å². The number of rotatable bonds is 36. The first-order valence-corrected chi connectivity index (χ1v) is 35.1. The van der Waals surface area contributed by atoms with Gasteiger partial charge >= 0.3 is 24.1 Å². The van der Waals surface area contributed by atoms with Gasteiger partial charge in [-0.2, -0.15) is 29.9 Å². The Kier molecular flexibility index (Phi) is 31.7. The van der Waals surface area contributed by atoms with Gasteiger partial charge in [-0.25, -0.2) is 19.2 Å². The van der Waals surface area contributed by atoms with Crippen molar-refractivity contribution >= 4 is 90.0 Å². The zero-order chi connectivity index (χ0) is 69.8. The number of imide groups is 2. The molecule has 0 unspecified atom stereocenters. The summed E-state index contributed by atoms with van der Waals surface area (Å²) in [4.78, 5) is 71.0. The van der Waals surface area contributed by atoms with Crippen LogP contribution in [0.25, 0.3) is 43.1 Å². The van der Waals surface area contributed by atoms with Gasteiger partial charge in [-0.1, -0.05) is 214 Å². The maximum atomic E-state index is 12.6. The molecule has 0 aliphatic carbocycles. The van der Waals surface area contributed by atoms with Gasteiger partial charge in [0.25, 0.3) is 0 Å². The number of quaternary nitrogens is 2. The van der Waals surface area contributed by atoms with Crippen molar-refractivity contribution in [3.8, 4) is 12.1 Å². The smallest absolute Gasteiger partial charge is 0.322 e. The molecule has 18 nitrogen and oxygen atoms in total. The van der Waals surface area contributed by atoms with Gasteiger partial charge in [0.1, 0.15) is 26.4 Å². The molecule has 9 aromatic carbocycles.